The molecule has 0 fully saturated rings. The van der Waals surface area contributed by atoms with Gasteiger partial charge in [-0.15, -0.1) is 0 Å². The fourth-order valence-electron chi connectivity index (χ4n) is 2.64. The van der Waals surface area contributed by atoms with Crippen LogP contribution in [-0.2, 0) is 4.79 Å². The van der Waals surface area contributed by atoms with E-state index in [1.807, 2.05) is 62.4 Å². The number of aryl methyl sites for hydroxylation is 2. The second-order valence-electron chi connectivity index (χ2n) is 6.14. The van der Waals surface area contributed by atoms with Crippen LogP contribution >= 0.6 is 0 Å². The minimum atomic E-state index is -0.482. The van der Waals surface area contributed by atoms with Crippen LogP contribution in [0.25, 0.3) is 0 Å². The molecule has 2 rings (SSSR count). The van der Waals surface area contributed by atoms with Crippen LogP contribution in [0.5, 0.6) is 5.75 Å². The van der Waals surface area contributed by atoms with Crippen molar-refractivity contribution in [2.45, 2.75) is 52.7 Å². The number of benzene rings is 2. The van der Waals surface area contributed by atoms with Crippen LogP contribution in [0.1, 0.15) is 49.4 Å². The van der Waals surface area contributed by atoms with Crippen molar-refractivity contribution < 1.29 is 9.53 Å². The summed E-state index contributed by atoms with van der Waals surface area (Å²) in [5.74, 6) is 0.680. The Balaban J connectivity index is 2.06. The predicted molar refractivity (Wildman–Crippen MR) is 98.2 cm³/mol. The van der Waals surface area contributed by atoms with Crippen LogP contribution in [0, 0.1) is 13.8 Å². The molecule has 0 spiro atoms. The number of amides is 1. The lowest BCUT2D eigenvalue weighted by Gasteiger charge is -2.22. The van der Waals surface area contributed by atoms with E-state index >= 15 is 0 Å². The topological polar surface area (TPSA) is 38.3 Å². The van der Waals surface area contributed by atoms with E-state index in [0.717, 1.165) is 17.7 Å². The molecule has 128 valence electrons. The second kappa shape index (κ2) is 8.53. The smallest absolute Gasteiger partial charge is 0.261 e. The van der Waals surface area contributed by atoms with Crippen molar-refractivity contribution >= 4 is 5.91 Å². The van der Waals surface area contributed by atoms with Gasteiger partial charge in [-0.2, -0.15) is 0 Å². The van der Waals surface area contributed by atoms with Gasteiger partial charge < -0.3 is 10.1 Å². The van der Waals surface area contributed by atoms with Crippen LogP contribution in [0.15, 0.2) is 48.5 Å². The number of carbonyl (C=O) groups excluding carboxylic acids is 1. The van der Waals surface area contributed by atoms with E-state index < -0.39 is 6.10 Å². The molecule has 0 bridgehead atoms. The van der Waals surface area contributed by atoms with Crippen molar-refractivity contribution in [3.63, 3.8) is 0 Å². The Hall–Kier alpha value is -2.29. The van der Waals surface area contributed by atoms with Gasteiger partial charge in [-0.05, 0) is 55.5 Å². The molecule has 0 aromatic heterocycles. The largest absolute Gasteiger partial charge is 0.481 e. The van der Waals surface area contributed by atoms with E-state index in [-0.39, 0.29) is 11.9 Å². The van der Waals surface area contributed by atoms with Gasteiger partial charge in [0.05, 0.1) is 6.04 Å². The molecule has 0 aliphatic carbocycles. The summed E-state index contributed by atoms with van der Waals surface area (Å²) in [4.78, 5) is 12.6. The summed E-state index contributed by atoms with van der Waals surface area (Å²) in [7, 11) is 0. The lowest BCUT2D eigenvalue weighted by Crippen LogP contribution is -2.39. The summed E-state index contributed by atoms with van der Waals surface area (Å²) < 4.78 is 5.93. The molecule has 24 heavy (non-hydrogen) atoms. The molecule has 0 saturated carbocycles. The van der Waals surface area contributed by atoms with Crippen LogP contribution in [-0.4, -0.2) is 12.0 Å². The van der Waals surface area contributed by atoms with E-state index in [1.54, 1.807) is 0 Å². The van der Waals surface area contributed by atoms with Crippen molar-refractivity contribution in [3.8, 4) is 5.75 Å². The minimum absolute atomic E-state index is 0.0103. The molecule has 3 heteroatoms. The molecule has 0 saturated heterocycles. The van der Waals surface area contributed by atoms with Crippen LogP contribution in [0.2, 0.25) is 0 Å². The summed E-state index contributed by atoms with van der Waals surface area (Å²) in [6.07, 6.45) is 0.990. The average molecular weight is 325 g/mol. The normalized spacial score (nSPS) is 13.2. The standard InChI is InChI=1S/C21H27NO2/c1-5-19(17-10-8-7-9-11-17)22-21(23)20(6-2)24-18-13-12-15(3)16(4)14-18/h7-14,19-20H,5-6H2,1-4H3,(H,22,23)/t19-,20+/m1/s1. The summed E-state index contributed by atoms with van der Waals surface area (Å²) >= 11 is 0. The lowest BCUT2D eigenvalue weighted by molar-refractivity contribution is -0.128. The fraction of sp³-hybridized carbons (Fsp3) is 0.381. The quantitative estimate of drug-likeness (QED) is 0.799. The van der Waals surface area contributed by atoms with Crippen LogP contribution in [0.3, 0.4) is 0 Å². The van der Waals surface area contributed by atoms with Gasteiger partial charge in [0.1, 0.15) is 5.75 Å². The number of hydrogen-bond acceptors (Lipinski definition) is 2. The molecular weight excluding hydrogens is 298 g/mol. The molecule has 3 nitrogen and oxygen atoms in total. The summed E-state index contributed by atoms with van der Waals surface area (Å²) in [5.41, 5.74) is 3.50. The zero-order valence-corrected chi connectivity index (χ0v) is 15.0. The number of hydrogen-bond donors (Lipinski definition) is 1. The maximum atomic E-state index is 12.6. The Bertz CT molecular complexity index is 667. The SMILES string of the molecule is CC[C@H](Oc1ccc(C)c(C)c1)C(=O)N[C@H](CC)c1ccccc1. The van der Waals surface area contributed by atoms with Crippen molar-refractivity contribution in [2.24, 2.45) is 0 Å². The Kier molecular flexibility index (Phi) is 6.42. The highest BCUT2D eigenvalue weighted by atomic mass is 16.5. The molecule has 0 aliphatic rings. The van der Waals surface area contributed by atoms with E-state index in [0.29, 0.717) is 6.42 Å². The fourth-order valence-corrected chi connectivity index (χ4v) is 2.64. The number of carbonyl (C=O) groups is 1. The number of rotatable bonds is 7. The van der Waals surface area contributed by atoms with Crippen LogP contribution < -0.4 is 10.1 Å². The first-order valence-electron chi connectivity index (χ1n) is 8.64. The van der Waals surface area contributed by atoms with Gasteiger partial charge in [-0.25, -0.2) is 0 Å². The predicted octanol–water partition coefficient (Wildman–Crippen LogP) is 4.73. The maximum absolute atomic E-state index is 12.6. The van der Waals surface area contributed by atoms with E-state index in [4.69, 9.17) is 4.74 Å². The number of ether oxygens (including phenoxy) is 1. The minimum Gasteiger partial charge on any atom is -0.481 e. The van der Waals surface area contributed by atoms with Crippen LogP contribution in [0.4, 0.5) is 0 Å². The zero-order chi connectivity index (χ0) is 17.5. The Labute approximate surface area is 145 Å². The Morgan fingerprint density at radius 3 is 2.29 bits per heavy atom. The highest BCUT2D eigenvalue weighted by molar-refractivity contribution is 5.81. The second-order valence-corrected chi connectivity index (χ2v) is 6.14. The molecular formula is C21H27NO2. The van der Waals surface area contributed by atoms with Gasteiger partial charge in [0.25, 0.3) is 5.91 Å². The third-order valence-corrected chi connectivity index (χ3v) is 4.35. The van der Waals surface area contributed by atoms with Gasteiger partial charge >= 0.3 is 0 Å². The Morgan fingerprint density at radius 2 is 1.71 bits per heavy atom. The van der Waals surface area contributed by atoms with Gasteiger partial charge in [-0.1, -0.05) is 50.2 Å². The highest BCUT2D eigenvalue weighted by Gasteiger charge is 2.22. The molecule has 2 atom stereocenters. The summed E-state index contributed by atoms with van der Waals surface area (Å²) in [6, 6.07) is 16.0. The van der Waals surface area contributed by atoms with Gasteiger partial charge in [-0.3, -0.25) is 4.79 Å². The van der Waals surface area contributed by atoms with Gasteiger partial charge in [0.2, 0.25) is 0 Å². The van der Waals surface area contributed by atoms with Crippen molar-refractivity contribution in [1.29, 1.82) is 0 Å². The first-order chi connectivity index (χ1) is 11.5. The molecule has 1 amide bonds. The van der Waals surface area contributed by atoms with Crippen molar-refractivity contribution in [3.05, 3.63) is 65.2 Å². The Morgan fingerprint density at radius 1 is 1.00 bits per heavy atom. The molecule has 0 heterocycles. The van der Waals surface area contributed by atoms with Gasteiger partial charge in [0, 0.05) is 0 Å². The first kappa shape index (κ1) is 18.1. The highest BCUT2D eigenvalue weighted by Crippen LogP contribution is 2.20. The molecule has 2 aromatic rings. The molecule has 0 unspecified atom stereocenters. The van der Waals surface area contributed by atoms with Crippen molar-refractivity contribution in [2.75, 3.05) is 0 Å². The third-order valence-electron chi connectivity index (χ3n) is 4.35. The van der Waals surface area contributed by atoms with E-state index in [2.05, 4.69) is 19.2 Å². The molecule has 1 N–H and O–H groups in total. The van der Waals surface area contributed by atoms with E-state index in [1.165, 1.54) is 11.1 Å². The van der Waals surface area contributed by atoms with Crippen molar-refractivity contribution in [1.82, 2.24) is 5.32 Å². The van der Waals surface area contributed by atoms with Gasteiger partial charge in [0.15, 0.2) is 6.10 Å². The molecule has 0 aliphatic heterocycles. The third kappa shape index (κ3) is 4.60. The summed E-state index contributed by atoms with van der Waals surface area (Å²) in [6.45, 7) is 8.15. The monoisotopic (exact) mass is 325 g/mol. The first-order valence-corrected chi connectivity index (χ1v) is 8.64. The van der Waals surface area contributed by atoms with E-state index in [9.17, 15) is 4.79 Å². The molecule has 0 radical (unpaired) electrons. The number of nitrogens with one attached hydrogen (secondary N) is 1. The average Bonchev–Trinajstić information content (AvgIpc) is 2.61. The summed E-state index contributed by atoms with van der Waals surface area (Å²) in [5, 5.41) is 3.12. The lowest BCUT2D eigenvalue weighted by atomic mass is 10.0. The zero-order valence-electron chi connectivity index (χ0n) is 15.0. The molecule has 2 aromatic carbocycles. The maximum Gasteiger partial charge on any atom is 0.261 e.